The van der Waals surface area contributed by atoms with E-state index in [9.17, 15) is 5.11 Å². The number of anilines is 1. The molecular weight excluding hydrogens is 272 g/mol. The molecule has 0 aliphatic carbocycles. The summed E-state index contributed by atoms with van der Waals surface area (Å²) in [5.74, 6) is 0.467. The van der Waals surface area contributed by atoms with Crippen LogP contribution in [0.3, 0.4) is 0 Å². The molecule has 0 amide bonds. The summed E-state index contributed by atoms with van der Waals surface area (Å²) in [6.07, 6.45) is 2.12. The predicted molar refractivity (Wildman–Crippen MR) is 85.6 cm³/mol. The Hall–Kier alpha value is -0.770. The van der Waals surface area contributed by atoms with Crippen molar-refractivity contribution in [1.82, 2.24) is 5.32 Å². The molecule has 2 rings (SSSR count). The third kappa shape index (κ3) is 3.66. The van der Waals surface area contributed by atoms with Crippen molar-refractivity contribution in [1.29, 1.82) is 0 Å². The predicted octanol–water partition coefficient (Wildman–Crippen LogP) is 3.22. The topological polar surface area (TPSA) is 35.5 Å². The Morgan fingerprint density at radius 1 is 1.40 bits per heavy atom. The fraction of sp³-hybridized carbons (Fsp3) is 0.625. The smallest absolute Gasteiger partial charge is 0.0474 e. The van der Waals surface area contributed by atoms with Gasteiger partial charge in [0.05, 0.1) is 0 Å². The number of piperidine rings is 1. The molecule has 1 aliphatic heterocycles. The highest BCUT2D eigenvalue weighted by Crippen LogP contribution is 2.30. The summed E-state index contributed by atoms with van der Waals surface area (Å²) in [6, 6.07) is 6.64. The fourth-order valence-electron chi connectivity index (χ4n) is 2.85. The van der Waals surface area contributed by atoms with Crippen molar-refractivity contribution in [3.63, 3.8) is 0 Å². The summed E-state index contributed by atoms with van der Waals surface area (Å²) in [5.41, 5.74) is 2.35. The van der Waals surface area contributed by atoms with E-state index in [1.807, 2.05) is 0 Å². The SMILES string of the molecule is CCNC(C)c1ccc(N2CCC(CO)CC2)cc1Cl. The summed E-state index contributed by atoms with van der Waals surface area (Å²) in [4.78, 5) is 2.36. The summed E-state index contributed by atoms with van der Waals surface area (Å²) in [7, 11) is 0. The Morgan fingerprint density at radius 2 is 2.10 bits per heavy atom. The number of halogens is 1. The second-order valence-electron chi connectivity index (χ2n) is 5.60. The summed E-state index contributed by atoms with van der Waals surface area (Å²) in [6.45, 7) is 7.50. The summed E-state index contributed by atoms with van der Waals surface area (Å²) in [5, 5.41) is 13.4. The zero-order valence-electron chi connectivity index (χ0n) is 12.4. The third-order valence-corrected chi connectivity index (χ3v) is 4.53. The molecule has 112 valence electrons. The lowest BCUT2D eigenvalue weighted by Crippen LogP contribution is -2.34. The molecule has 20 heavy (non-hydrogen) atoms. The van der Waals surface area contributed by atoms with E-state index < -0.39 is 0 Å². The minimum absolute atomic E-state index is 0.279. The van der Waals surface area contributed by atoms with E-state index in [4.69, 9.17) is 11.6 Å². The lowest BCUT2D eigenvalue weighted by atomic mass is 9.97. The first-order valence-corrected chi connectivity index (χ1v) is 7.92. The fourth-order valence-corrected chi connectivity index (χ4v) is 3.19. The molecule has 0 aromatic heterocycles. The molecule has 0 radical (unpaired) electrons. The molecule has 0 saturated carbocycles. The molecule has 4 heteroatoms. The van der Waals surface area contributed by atoms with E-state index in [-0.39, 0.29) is 6.04 Å². The lowest BCUT2D eigenvalue weighted by molar-refractivity contribution is 0.203. The molecule has 2 N–H and O–H groups in total. The summed E-state index contributed by atoms with van der Waals surface area (Å²) >= 11 is 6.43. The van der Waals surface area contributed by atoms with Gasteiger partial charge in [0.1, 0.15) is 0 Å². The van der Waals surface area contributed by atoms with Gasteiger partial charge in [-0.2, -0.15) is 0 Å². The highest BCUT2D eigenvalue weighted by molar-refractivity contribution is 6.31. The molecule has 1 heterocycles. The Bertz CT molecular complexity index is 430. The number of aliphatic hydroxyl groups excluding tert-OH is 1. The van der Waals surface area contributed by atoms with Crippen LogP contribution in [0.1, 0.15) is 38.3 Å². The van der Waals surface area contributed by atoms with E-state index in [0.29, 0.717) is 12.5 Å². The monoisotopic (exact) mass is 296 g/mol. The number of nitrogens with zero attached hydrogens (tertiary/aromatic N) is 1. The van der Waals surface area contributed by atoms with Gasteiger partial charge >= 0.3 is 0 Å². The van der Waals surface area contributed by atoms with Gasteiger partial charge < -0.3 is 15.3 Å². The Morgan fingerprint density at radius 3 is 2.65 bits per heavy atom. The van der Waals surface area contributed by atoms with E-state index in [1.165, 1.54) is 5.69 Å². The number of benzene rings is 1. The van der Waals surface area contributed by atoms with Crippen molar-refractivity contribution in [2.75, 3.05) is 31.1 Å². The molecule has 1 aromatic rings. The van der Waals surface area contributed by atoms with Crippen LogP contribution in [0, 0.1) is 5.92 Å². The van der Waals surface area contributed by atoms with Gasteiger partial charge in [0.15, 0.2) is 0 Å². The third-order valence-electron chi connectivity index (χ3n) is 4.20. The first-order valence-electron chi connectivity index (χ1n) is 7.54. The number of nitrogens with one attached hydrogen (secondary N) is 1. The van der Waals surface area contributed by atoms with Gasteiger partial charge in [-0.15, -0.1) is 0 Å². The van der Waals surface area contributed by atoms with Gasteiger partial charge in [0.2, 0.25) is 0 Å². The van der Waals surface area contributed by atoms with Crippen molar-refractivity contribution >= 4 is 17.3 Å². The van der Waals surface area contributed by atoms with E-state index >= 15 is 0 Å². The minimum atomic E-state index is 0.279. The standard InChI is InChI=1S/C16H25ClN2O/c1-3-18-12(2)15-5-4-14(10-16(15)17)19-8-6-13(11-20)7-9-19/h4-5,10,12-13,18,20H,3,6-9,11H2,1-2H3. The number of hydrogen-bond acceptors (Lipinski definition) is 3. The zero-order valence-corrected chi connectivity index (χ0v) is 13.2. The second-order valence-corrected chi connectivity index (χ2v) is 6.01. The van der Waals surface area contributed by atoms with Crippen LogP contribution in [0.15, 0.2) is 18.2 Å². The van der Waals surface area contributed by atoms with E-state index in [0.717, 1.165) is 43.1 Å². The molecule has 1 unspecified atom stereocenters. The van der Waals surface area contributed by atoms with Crippen molar-refractivity contribution in [3.8, 4) is 0 Å². The van der Waals surface area contributed by atoms with Gasteiger partial charge in [-0.3, -0.25) is 0 Å². The normalized spacial score (nSPS) is 18.3. The first-order chi connectivity index (χ1) is 9.65. The van der Waals surface area contributed by atoms with Crippen LogP contribution in [0.2, 0.25) is 5.02 Å². The lowest BCUT2D eigenvalue weighted by Gasteiger charge is -2.33. The molecule has 0 bridgehead atoms. The molecule has 0 spiro atoms. The maximum absolute atomic E-state index is 9.19. The number of rotatable bonds is 5. The first kappa shape index (κ1) is 15.6. The second kappa shape index (κ2) is 7.30. The van der Waals surface area contributed by atoms with Crippen LogP contribution in [0.25, 0.3) is 0 Å². The van der Waals surface area contributed by atoms with Crippen LogP contribution in [-0.2, 0) is 0 Å². The summed E-state index contributed by atoms with van der Waals surface area (Å²) < 4.78 is 0. The number of aliphatic hydroxyl groups is 1. The molecular formula is C16H25ClN2O. The average molecular weight is 297 g/mol. The minimum Gasteiger partial charge on any atom is -0.396 e. The van der Waals surface area contributed by atoms with E-state index in [2.05, 4.69) is 42.3 Å². The Balaban J connectivity index is 2.05. The number of hydrogen-bond donors (Lipinski definition) is 2. The van der Waals surface area contributed by atoms with Crippen molar-refractivity contribution in [2.24, 2.45) is 5.92 Å². The maximum Gasteiger partial charge on any atom is 0.0474 e. The maximum atomic E-state index is 9.19. The Kier molecular flexibility index (Phi) is 5.70. The van der Waals surface area contributed by atoms with E-state index in [1.54, 1.807) is 0 Å². The van der Waals surface area contributed by atoms with Crippen molar-refractivity contribution in [3.05, 3.63) is 28.8 Å². The van der Waals surface area contributed by atoms with Crippen LogP contribution < -0.4 is 10.2 Å². The average Bonchev–Trinajstić information content (AvgIpc) is 2.47. The van der Waals surface area contributed by atoms with Gasteiger partial charge in [-0.05, 0) is 49.9 Å². The molecule has 1 saturated heterocycles. The molecule has 1 atom stereocenters. The molecule has 1 aliphatic rings. The highest BCUT2D eigenvalue weighted by atomic mass is 35.5. The Labute approximate surface area is 126 Å². The van der Waals surface area contributed by atoms with Crippen molar-refractivity contribution < 1.29 is 5.11 Å². The highest BCUT2D eigenvalue weighted by Gasteiger charge is 2.19. The van der Waals surface area contributed by atoms with Crippen LogP contribution in [0.5, 0.6) is 0 Å². The molecule has 3 nitrogen and oxygen atoms in total. The molecule has 1 aromatic carbocycles. The zero-order chi connectivity index (χ0) is 14.5. The van der Waals surface area contributed by atoms with Gasteiger partial charge in [0, 0.05) is 36.4 Å². The van der Waals surface area contributed by atoms with Crippen LogP contribution >= 0.6 is 11.6 Å². The van der Waals surface area contributed by atoms with Crippen LogP contribution in [-0.4, -0.2) is 31.3 Å². The van der Waals surface area contributed by atoms with Gasteiger partial charge in [0.25, 0.3) is 0 Å². The quantitative estimate of drug-likeness (QED) is 0.876. The largest absolute Gasteiger partial charge is 0.396 e. The molecule has 1 fully saturated rings. The van der Waals surface area contributed by atoms with Crippen molar-refractivity contribution in [2.45, 2.75) is 32.7 Å². The van der Waals surface area contributed by atoms with Gasteiger partial charge in [-0.1, -0.05) is 24.6 Å². The van der Waals surface area contributed by atoms with Gasteiger partial charge in [-0.25, -0.2) is 0 Å². The van der Waals surface area contributed by atoms with Crippen LogP contribution in [0.4, 0.5) is 5.69 Å².